The molecule has 35 heavy (non-hydrogen) atoms. The quantitative estimate of drug-likeness (QED) is 0.262. The van der Waals surface area contributed by atoms with E-state index in [9.17, 15) is 0 Å². The normalized spacial score (nSPS) is 49.0. The minimum Gasteiger partial charge on any atom is -0.112 e. The molecule has 6 fully saturated rings. The van der Waals surface area contributed by atoms with Gasteiger partial charge in [-0.25, -0.2) is 0 Å². The van der Waals surface area contributed by atoms with Crippen LogP contribution >= 0.6 is 8.58 Å². The van der Waals surface area contributed by atoms with Gasteiger partial charge in [-0.05, 0) is 133 Å². The molecule has 0 aromatic carbocycles. The minimum atomic E-state index is 0.763. The van der Waals surface area contributed by atoms with Gasteiger partial charge in [0.15, 0.2) is 0 Å². The summed E-state index contributed by atoms with van der Waals surface area (Å²) in [6.07, 6.45) is 21.6. The van der Waals surface area contributed by atoms with Gasteiger partial charge in [0.05, 0.1) is 0 Å². The Kier molecular flexibility index (Phi) is 8.13. The van der Waals surface area contributed by atoms with Crippen molar-refractivity contribution in [2.75, 3.05) is 0 Å². The minimum absolute atomic E-state index is 0.763. The van der Waals surface area contributed by atoms with Gasteiger partial charge in [-0.15, -0.1) is 8.58 Å². The monoisotopic (exact) mass is 500 g/mol. The van der Waals surface area contributed by atoms with E-state index >= 15 is 0 Å². The molecule has 6 rings (SSSR count). The zero-order chi connectivity index (χ0) is 25.0. The fourth-order valence-electron chi connectivity index (χ4n) is 11.1. The van der Waals surface area contributed by atoms with Crippen LogP contribution < -0.4 is 0 Å². The largest absolute Gasteiger partial charge is 0.112 e. The zero-order valence-corrected chi connectivity index (χ0v) is 25.8. The lowest BCUT2D eigenvalue weighted by atomic mass is 9.47. The summed E-state index contributed by atoms with van der Waals surface area (Å²) in [7, 11) is 1.30. The molecule has 6 aliphatic rings. The van der Waals surface area contributed by atoms with Gasteiger partial charge in [-0.2, -0.15) is 0 Å². The molecule has 9 unspecified atom stereocenters. The lowest BCUT2D eigenvalue weighted by Crippen LogP contribution is -2.58. The summed E-state index contributed by atoms with van der Waals surface area (Å²) in [5.74, 6) is 10.1. The lowest BCUT2D eigenvalue weighted by Gasteiger charge is -2.64. The second-order valence-corrected chi connectivity index (χ2v) is 17.9. The van der Waals surface area contributed by atoms with Crippen LogP contribution in [0.25, 0.3) is 0 Å². The summed E-state index contributed by atoms with van der Waals surface area (Å²) in [5, 5.41) is 0.782. The zero-order valence-electron chi connectivity index (χ0n) is 24.8. The van der Waals surface area contributed by atoms with Crippen LogP contribution in [0.5, 0.6) is 0 Å². The van der Waals surface area contributed by atoms with E-state index in [1.54, 1.807) is 44.9 Å². The number of unbranched alkanes of at least 4 members (excludes halogenated alkanes) is 1. The van der Waals surface area contributed by atoms with Crippen molar-refractivity contribution in [1.82, 2.24) is 0 Å². The molecule has 1 spiro atoms. The van der Waals surface area contributed by atoms with Gasteiger partial charge in [-0.3, -0.25) is 0 Å². The molecule has 0 amide bonds. The van der Waals surface area contributed by atoms with Crippen LogP contribution in [0.15, 0.2) is 0 Å². The summed E-state index contributed by atoms with van der Waals surface area (Å²) in [5.41, 5.74) is 1.86. The first-order valence-corrected chi connectivity index (χ1v) is 17.5. The molecule has 9 atom stereocenters. The molecule has 6 saturated carbocycles. The third-order valence-corrected chi connectivity index (χ3v) is 15.3. The van der Waals surface area contributed by atoms with Gasteiger partial charge in [0.2, 0.25) is 0 Å². The summed E-state index contributed by atoms with van der Waals surface area (Å²) in [6, 6.07) is 0. The maximum Gasteiger partial charge on any atom is -0.00749 e. The molecule has 0 aromatic heterocycles. The van der Waals surface area contributed by atoms with E-state index in [1.807, 2.05) is 0 Å². The summed E-state index contributed by atoms with van der Waals surface area (Å²) < 4.78 is 0. The molecule has 0 nitrogen and oxygen atoms in total. The van der Waals surface area contributed by atoms with Crippen molar-refractivity contribution >= 4 is 8.58 Å². The highest BCUT2D eigenvalue weighted by Crippen LogP contribution is 2.82. The summed E-state index contributed by atoms with van der Waals surface area (Å²) in [4.78, 5) is 0. The SMILES string of the molecule is CCCCC(C)C1C2(PC3CC(C(C)C)C3)CC3CC(C)C(CC(C)C4CCC(C)CC4)CC31C2. The van der Waals surface area contributed by atoms with E-state index in [2.05, 4.69) is 48.5 Å². The number of hydrogen-bond acceptors (Lipinski definition) is 0. The van der Waals surface area contributed by atoms with Crippen molar-refractivity contribution in [2.24, 2.45) is 64.6 Å². The Morgan fingerprint density at radius 2 is 1.57 bits per heavy atom. The standard InChI is InChI=1S/C34H61P/c1-8-9-10-24(5)32-33-19-29(15-25(6)27-13-11-23(4)12-14-27)26(7)16-30(33)20-34(32,21-33)35-31-17-28(18-31)22(2)3/h22-32,35H,8-21H2,1-7H3. The Bertz CT molecular complexity index is 699. The molecule has 202 valence electrons. The van der Waals surface area contributed by atoms with Gasteiger partial charge >= 0.3 is 0 Å². The molecular weight excluding hydrogens is 439 g/mol. The first-order valence-electron chi connectivity index (χ1n) is 16.4. The lowest BCUT2D eigenvalue weighted by molar-refractivity contribution is -0.0782. The second-order valence-electron chi connectivity index (χ2n) is 15.8. The Morgan fingerprint density at radius 1 is 0.857 bits per heavy atom. The van der Waals surface area contributed by atoms with Crippen LogP contribution in [-0.4, -0.2) is 10.8 Å². The Labute approximate surface area is 222 Å². The van der Waals surface area contributed by atoms with E-state index in [-0.39, 0.29) is 0 Å². The van der Waals surface area contributed by atoms with Gasteiger partial charge in [0, 0.05) is 0 Å². The molecule has 0 N–H and O–H groups in total. The molecule has 1 heteroatoms. The van der Waals surface area contributed by atoms with E-state index in [1.165, 1.54) is 53.5 Å². The highest BCUT2D eigenvalue weighted by Gasteiger charge is 2.74. The number of hydrogen-bond donors (Lipinski definition) is 0. The fourth-order valence-corrected chi connectivity index (χ4v) is 14.3. The Morgan fingerprint density at radius 3 is 2.23 bits per heavy atom. The van der Waals surface area contributed by atoms with E-state index in [0.717, 1.165) is 75.4 Å². The average Bonchev–Trinajstić information content (AvgIpc) is 3.22. The molecule has 0 radical (unpaired) electrons. The topological polar surface area (TPSA) is 0 Å². The van der Waals surface area contributed by atoms with E-state index in [0.29, 0.717) is 0 Å². The van der Waals surface area contributed by atoms with Crippen molar-refractivity contribution in [3.8, 4) is 0 Å². The van der Waals surface area contributed by atoms with E-state index in [4.69, 9.17) is 0 Å². The highest BCUT2D eigenvalue weighted by molar-refractivity contribution is 7.41. The summed E-state index contributed by atoms with van der Waals surface area (Å²) in [6.45, 7) is 17.9. The van der Waals surface area contributed by atoms with Gasteiger partial charge < -0.3 is 0 Å². The third kappa shape index (κ3) is 4.96. The Balaban J connectivity index is 1.28. The average molecular weight is 501 g/mol. The maximum atomic E-state index is 2.71. The molecule has 0 aromatic rings. The van der Waals surface area contributed by atoms with Crippen molar-refractivity contribution < 1.29 is 0 Å². The van der Waals surface area contributed by atoms with Crippen LogP contribution in [0.1, 0.15) is 138 Å². The van der Waals surface area contributed by atoms with Crippen molar-refractivity contribution in [3.63, 3.8) is 0 Å². The van der Waals surface area contributed by atoms with Crippen molar-refractivity contribution in [3.05, 3.63) is 0 Å². The fraction of sp³-hybridized carbons (Fsp3) is 1.00. The van der Waals surface area contributed by atoms with Crippen LogP contribution in [-0.2, 0) is 0 Å². The van der Waals surface area contributed by atoms with Crippen molar-refractivity contribution in [2.45, 2.75) is 149 Å². The predicted octanol–water partition coefficient (Wildman–Crippen LogP) is 10.6. The van der Waals surface area contributed by atoms with Crippen LogP contribution in [0.3, 0.4) is 0 Å². The van der Waals surface area contributed by atoms with Crippen molar-refractivity contribution in [1.29, 1.82) is 0 Å². The molecule has 2 bridgehead atoms. The molecule has 6 aliphatic carbocycles. The van der Waals surface area contributed by atoms with Gasteiger partial charge in [0.1, 0.15) is 0 Å². The summed E-state index contributed by atoms with van der Waals surface area (Å²) >= 11 is 0. The number of rotatable bonds is 10. The van der Waals surface area contributed by atoms with Crippen LogP contribution in [0, 0.1) is 64.6 Å². The Hall–Kier alpha value is 0.430. The highest BCUT2D eigenvalue weighted by atomic mass is 31.1. The van der Waals surface area contributed by atoms with Crippen LogP contribution in [0.4, 0.5) is 0 Å². The first-order chi connectivity index (χ1) is 16.7. The smallest absolute Gasteiger partial charge is 0.00749 e. The third-order valence-electron chi connectivity index (χ3n) is 13.1. The van der Waals surface area contributed by atoms with Gasteiger partial charge in [-0.1, -0.05) is 80.6 Å². The maximum absolute atomic E-state index is 2.71. The second kappa shape index (κ2) is 10.5. The molecule has 0 aliphatic heterocycles. The molecule has 0 saturated heterocycles. The van der Waals surface area contributed by atoms with Gasteiger partial charge in [0.25, 0.3) is 0 Å². The predicted molar refractivity (Wildman–Crippen MR) is 157 cm³/mol. The molecule has 0 heterocycles. The molecular formula is C34H61P. The van der Waals surface area contributed by atoms with Crippen LogP contribution in [0.2, 0.25) is 0 Å². The van der Waals surface area contributed by atoms with E-state index < -0.39 is 0 Å². The first kappa shape index (κ1) is 27.0.